The molecule has 2 rings (SSSR count). The number of hydrogen-bond donors (Lipinski definition) is 4. The molecule has 26 heavy (non-hydrogen) atoms. The molecule has 0 aliphatic heterocycles. The van der Waals surface area contributed by atoms with Crippen LogP contribution in [-0.2, 0) is 9.13 Å². The van der Waals surface area contributed by atoms with E-state index in [4.69, 9.17) is 0 Å². The van der Waals surface area contributed by atoms with Crippen LogP contribution in [0.5, 0.6) is 11.5 Å². The molecule has 0 saturated heterocycles. The van der Waals surface area contributed by atoms with E-state index in [0.29, 0.717) is 25.7 Å². The predicted octanol–water partition coefficient (Wildman–Crippen LogP) is 3.64. The summed E-state index contributed by atoms with van der Waals surface area (Å²) >= 11 is 0. The summed E-state index contributed by atoms with van der Waals surface area (Å²) in [5.41, 5.74) is 0. The van der Waals surface area contributed by atoms with Gasteiger partial charge in [-0.2, -0.15) is 0 Å². The number of phenols is 2. The Morgan fingerprint density at radius 1 is 0.769 bits per heavy atom. The Morgan fingerprint density at radius 3 is 1.42 bits per heavy atom. The zero-order chi connectivity index (χ0) is 19.5. The lowest BCUT2D eigenvalue weighted by Gasteiger charge is -2.23. The Bertz CT molecular complexity index is 820. The Kier molecular flexibility index (Phi) is 6.57. The van der Waals surface area contributed by atoms with Gasteiger partial charge in [-0.05, 0) is 12.8 Å². The summed E-state index contributed by atoms with van der Waals surface area (Å²) in [7, 11) is -8.28. The number of rotatable bonds is 8. The minimum Gasteiger partial charge on any atom is -0.506 e. The van der Waals surface area contributed by atoms with Crippen molar-refractivity contribution in [3.63, 3.8) is 0 Å². The van der Waals surface area contributed by atoms with Gasteiger partial charge in [0, 0.05) is 23.1 Å². The summed E-state index contributed by atoms with van der Waals surface area (Å²) in [5, 5.41) is 20.8. The van der Waals surface area contributed by atoms with Crippen molar-refractivity contribution in [3.05, 3.63) is 24.3 Å². The van der Waals surface area contributed by atoms with E-state index >= 15 is 0 Å². The molecule has 2 aromatic rings. The highest BCUT2D eigenvalue weighted by Crippen LogP contribution is 2.52. The smallest absolute Gasteiger partial charge is 0.234 e. The van der Waals surface area contributed by atoms with Crippen LogP contribution in [0.3, 0.4) is 0 Å². The molecule has 144 valence electrons. The normalized spacial score (nSPS) is 16.3. The summed E-state index contributed by atoms with van der Waals surface area (Å²) in [5.74, 6) is -0.998. The van der Waals surface area contributed by atoms with Gasteiger partial charge in [0.25, 0.3) is 0 Å². The summed E-state index contributed by atoms with van der Waals surface area (Å²) < 4.78 is 26.0. The van der Waals surface area contributed by atoms with Crippen LogP contribution < -0.4 is 10.6 Å². The first-order chi connectivity index (χ1) is 12.2. The number of benzene rings is 2. The van der Waals surface area contributed by atoms with Gasteiger partial charge in [-0.1, -0.05) is 51.0 Å². The van der Waals surface area contributed by atoms with Crippen LogP contribution in [0.1, 0.15) is 39.5 Å². The van der Waals surface area contributed by atoms with Gasteiger partial charge in [0.05, 0.1) is 10.6 Å². The minimum absolute atomic E-state index is 0.129. The van der Waals surface area contributed by atoms with Crippen molar-refractivity contribution in [2.75, 3.05) is 12.3 Å². The molecular weight excluding hydrogens is 374 g/mol. The van der Waals surface area contributed by atoms with E-state index in [0.717, 1.165) is 0 Å². The van der Waals surface area contributed by atoms with Gasteiger partial charge in [-0.15, -0.1) is 0 Å². The lowest BCUT2D eigenvalue weighted by atomic mass is 10.1. The van der Waals surface area contributed by atoms with Crippen molar-refractivity contribution in [3.8, 4) is 11.5 Å². The van der Waals surface area contributed by atoms with Crippen LogP contribution in [0.15, 0.2) is 24.3 Å². The first-order valence-electron chi connectivity index (χ1n) is 8.78. The van der Waals surface area contributed by atoms with Crippen LogP contribution >= 0.6 is 14.7 Å². The summed E-state index contributed by atoms with van der Waals surface area (Å²) in [6.45, 7) is 3.72. The van der Waals surface area contributed by atoms with Crippen LogP contribution in [0.25, 0.3) is 10.8 Å². The fourth-order valence-electron chi connectivity index (χ4n) is 3.01. The van der Waals surface area contributed by atoms with Crippen molar-refractivity contribution in [1.29, 1.82) is 0 Å². The van der Waals surface area contributed by atoms with Crippen molar-refractivity contribution < 1.29 is 29.1 Å². The maximum Gasteiger partial charge on any atom is 0.234 e. The molecule has 8 heteroatoms. The summed E-state index contributed by atoms with van der Waals surface area (Å²) in [6, 6.07) is 6.25. The molecule has 0 fully saturated rings. The largest absolute Gasteiger partial charge is 0.506 e. The monoisotopic (exact) mass is 400 g/mol. The quantitative estimate of drug-likeness (QED) is 0.397. The maximum absolute atomic E-state index is 13.0. The molecule has 2 unspecified atom stereocenters. The van der Waals surface area contributed by atoms with E-state index in [1.54, 1.807) is 12.1 Å². The molecule has 0 aliphatic carbocycles. The van der Waals surface area contributed by atoms with Crippen molar-refractivity contribution in [2.24, 2.45) is 0 Å². The fraction of sp³-hybridized carbons (Fsp3) is 0.444. The summed E-state index contributed by atoms with van der Waals surface area (Å²) in [4.78, 5) is 21.2. The molecule has 0 saturated carbocycles. The third-order valence-corrected chi connectivity index (χ3v) is 8.73. The topological polar surface area (TPSA) is 115 Å². The van der Waals surface area contributed by atoms with Gasteiger partial charge in [0.1, 0.15) is 11.5 Å². The number of phenolic OH excluding ortho intramolecular Hbond substituents is 2. The second-order valence-corrected chi connectivity index (χ2v) is 11.1. The zero-order valence-corrected chi connectivity index (χ0v) is 16.8. The highest BCUT2D eigenvalue weighted by Gasteiger charge is 2.39. The van der Waals surface area contributed by atoms with Gasteiger partial charge in [-0.25, -0.2) is 0 Å². The maximum atomic E-state index is 13.0. The molecule has 2 aromatic carbocycles. The minimum atomic E-state index is -4.14. The van der Waals surface area contributed by atoms with Gasteiger partial charge in [0.15, 0.2) is 0 Å². The van der Waals surface area contributed by atoms with Crippen molar-refractivity contribution >= 4 is 36.1 Å². The summed E-state index contributed by atoms with van der Waals surface area (Å²) in [6.07, 6.45) is 1.90. The van der Waals surface area contributed by atoms with Gasteiger partial charge in [0.2, 0.25) is 14.7 Å². The van der Waals surface area contributed by atoms with E-state index < -0.39 is 36.8 Å². The molecule has 0 amide bonds. The van der Waals surface area contributed by atoms with Gasteiger partial charge >= 0.3 is 0 Å². The molecule has 0 aliphatic rings. The second-order valence-electron chi connectivity index (χ2n) is 6.50. The number of fused-ring (bicyclic) bond motifs is 1. The van der Waals surface area contributed by atoms with Crippen LogP contribution in [0, 0.1) is 0 Å². The molecule has 0 radical (unpaired) electrons. The van der Waals surface area contributed by atoms with Crippen molar-refractivity contribution in [2.45, 2.75) is 39.5 Å². The molecular formula is C18H26O6P2. The molecule has 0 heterocycles. The molecule has 6 nitrogen and oxygen atoms in total. The molecule has 0 spiro atoms. The average Bonchev–Trinajstić information content (AvgIpc) is 2.60. The molecule has 0 bridgehead atoms. The van der Waals surface area contributed by atoms with E-state index in [-0.39, 0.29) is 23.1 Å². The number of aromatic hydroxyl groups is 2. The van der Waals surface area contributed by atoms with E-state index in [1.165, 1.54) is 12.1 Å². The van der Waals surface area contributed by atoms with Crippen LogP contribution in [0.2, 0.25) is 0 Å². The van der Waals surface area contributed by atoms with Crippen LogP contribution in [-0.4, -0.2) is 32.3 Å². The van der Waals surface area contributed by atoms with Gasteiger partial charge < -0.3 is 20.0 Å². The lowest BCUT2D eigenvalue weighted by molar-refractivity contribution is 0.459. The zero-order valence-electron chi connectivity index (χ0n) is 15.1. The van der Waals surface area contributed by atoms with Crippen molar-refractivity contribution in [1.82, 2.24) is 0 Å². The predicted molar refractivity (Wildman–Crippen MR) is 106 cm³/mol. The highest BCUT2D eigenvalue weighted by atomic mass is 31.2. The SMILES string of the molecule is CCCCP(=O)(O)c1c(P(=O)(O)CCCC)c(O)c2ccccc2c1O. The first-order valence-corrected chi connectivity index (χ1v) is 12.5. The Balaban J connectivity index is 2.87. The Labute approximate surface area is 153 Å². The van der Waals surface area contributed by atoms with E-state index in [2.05, 4.69) is 0 Å². The third kappa shape index (κ3) is 3.99. The molecule has 2 atom stereocenters. The fourth-order valence-corrected chi connectivity index (χ4v) is 7.66. The molecule has 0 aromatic heterocycles. The average molecular weight is 400 g/mol. The second kappa shape index (κ2) is 8.14. The van der Waals surface area contributed by atoms with Gasteiger partial charge in [-0.3, -0.25) is 9.13 Å². The van der Waals surface area contributed by atoms with Crippen LogP contribution in [0.4, 0.5) is 0 Å². The van der Waals surface area contributed by atoms with E-state index in [1.807, 2.05) is 13.8 Å². The lowest BCUT2D eigenvalue weighted by Crippen LogP contribution is -2.28. The highest BCUT2D eigenvalue weighted by molar-refractivity contribution is 7.72. The number of hydrogen-bond acceptors (Lipinski definition) is 4. The first kappa shape index (κ1) is 21.0. The Hall–Kier alpha value is -1.32. The number of unbranched alkanes of at least 4 members (excludes halogenated alkanes) is 2. The van der Waals surface area contributed by atoms with E-state index in [9.17, 15) is 29.1 Å². The Morgan fingerprint density at radius 2 is 1.12 bits per heavy atom. The molecule has 4 N–H and O–H groups in total. The third-order valence-electron chi connectivity index (χ3n) is 4.44. The standard InChI is InChI=1S/C18H26O6P2/c1-3-5-11-25(21,22)17-15(19)13-9-7-8-10-14(13)16(20)18(17)26(23,24)12-6-4-2/h7-10,19-20H,3-6,11-12H2,1-2H3,(H,21,22)(H,23,24).